The van der Waals surface area contributed by atoms with Crippen LogP contribution in [0.3, 0.4) is 0 Å². The van der Waals surface area contributed by atoms with Crippen LogP contribution in [0, 0.1) is 11.5 Å². The van der Waals surface area contributed by atoms with Crippen LogP contribution in [0.1, 0.15) is 0 Å². The lowest BCUT2D eigenvalue weighted by atomic mass is 10.8. The number of nitrogens with zero attached hydrogens (tertiary/aromatic N) is 2. The summed E-state index contributed by atoms with van der Waals surface area (Å²) in [5.41, 5.74) is 0. The van der Waals surface area contributed by atoms with Crippen molar-refractivity contribution in [3.8, 4) is 6.19 Å². The molecule has 0 saturated heterocycles. The number of guanidine groups is 1. The second kappa shape index (κ2) is 2.89. The molecule has 0 unspecified atom stereocenters. The minimum absolute atomic E-state index is 0.316. The molecule has 5 nitrogen and oxygen atoms in total. The van der Waals surface area contributed by atoms with Crippen molar-refractivity contribution in [2.75, 3.05) is 13.5 Å². The van der Waals surface area contributed by atoms with Gasteiger partial charge in [0, 0.05) is 0 Å². The topological polar surface area (TPSA) is 69.4 Å². The molecule has 0 bridgehead atoms. The van der Waals surface area contributed by atoms with Crippen molar-refractivity contribution in [3.05, 3.63) is 0 Å². The Labute approximate surface area is 52.3 Å². The molecule has 0 radical (unpaired) electrons. The van der Waals surface area contributed by atoms with E-state index in [-0.39, 0.29) is 0 Å². The van der Waals surface area contributed by atoms with Gasteiger partial charge in [0.1, 0.15) is 13.5 Å². The van der Waals surface area contributed by atoms with Crippen LogP contribution in [0.2, 0.25) is 0 Å². The molecule has 1 heterocycles. The summed E-state index contributed by atoms with van der Waals surface area (Å²) < 4.78 is 4.80. The fourth-order valence-corrected chi connectivity index (χ4v) is 0.468. The van der Waals surface area contributed by atoms with E-state index in [1.54, 1.807) is 6.19 Å². The Morgan fingerprint density at radius 1 is 1.89 bits per heavy atom. The van der Waals surface area contributed by atoms with E-state index in [4.69, 9.17) is 10.00 Å². The van der Waals surface area contributed by atoms with Gasteiger partial charge in [-0.1, -0.05) is 0 Å². The van der Waals surface area contributed by atoms with E-state index in [0.717, 1.165) is 0 Å². The summed E-state index contributed by atoms with van der Waals surface area (Å²) in [7, 11) is 0. The molecular formula is C4H6N4O. The monoisotopic (exact) mass is 126 g/mol. The molecule has 0 amide bonds. The summed E-state index contributed by atoms with van der Waals surface area (Å²) in [4.78, 5) is 3.77. The Kier molecular flexibility index (Phi) is 1.88. The van der Waals surface area contributed by atoms with Gasteiger partial charge in [-0.3, -0.25) is 5.32 Å². The van der Waals surface area contributed by atoms with Crippen LogP contribution >= 0.6 is 0 Å². The first kappa shape index (κ1) is 5.85. The normalized spacial score (nSPS) is 17.0. The van der Waals surface area contributed by atoms with Gasteiger partial charge >= 0.3 is 0 Å². The fraction of sp³-hybridized carbons (Fsp3) is 0.500. The van der Waals surface area contributed by atoms with Gasteiger partial charge in [-0.25, -0.2) is 4.99 Å². The molecule has 0 atom stereocenters. The molecule has 5 heteroatoms. The van der Waals surface area contributed by atoms with Crippen molar-refractivity contribution in [2.24, 2.45) is 4.99 Å². The Balaban J connectivity index is 2.39. The fourth-order valence-electron chi connectivity index (χ4n) is 0.468. The van der Waals surface area contributed by atoms with Gasteiger partial charge in [-0.05, 0) is 0 Å². The van der Waals surface area contributed by atoms with E-state index in [1.165, 1.54) is 0 Å². The standard InChI is InChI=1S/C4H6N4O/c5-1-6-4-7-2-9-3-8-4/h2-3H2,(H2,6,7,8). The number of nitrogens with one attached hydrogen (secondary N) is 2. The summed E-state index contributed by atoms with van der Waals surface area (Å²) in [6.45, 7) is 0.727. The first-order chi connectivity index (χ1) is 4.43. The number of nitriles is 1. The highest BCUT2D eigenvalue weighted by Crippen LogP contribution is 1.81. The number of ether oxygens (including phenoxy) is 1. The highest BCUT2D eigenvalue weighted by Gasteiger charge is 1.99. The van der Waals surface area contributed by atoms with Crippen molar-refractivity contribution in [3.63, 3.8) is 0 Å². The molecule has 1 aliphatic rings. The highest BCUT2D eigenvalue weighted by atomic mass is 16.5. The largest absolute Gasteiger partial charge is 0.339 e. The van der Waals surface area contributed by atoms with Crippen molar-refractivity contribution in [1.29, 1.82) is 5.26 Å². The van der Waals surface area contributed by atoms with E-state index in [1.807, 2.05) is 0 Å². The molecule has 48 valence electrons. The molecule has 0 spiro atoms. The molecule has 0 saturated carbocycles. The van der Waals surface area contributed by atoms with Crippen molar-refractivity contribution in [2.45, 2.75) is 0 Å². The quantitative estimate of drug-likeness (QED) is 0.321. The third-order valence-electron chi connectivity index (χ3n) is 0.830. The predicted octanol–water partition coefficient (Wildman–Crippen LogP) is -1.05. The van der Waals surface area contributed by atoms with Crippen LogP contribution in [0.15, 0.2) is 4.99 Å². The van der Waals surface area contributed by atoms with Crippen LogP contribution in [0.25, 0.3) is 0 Å². The predicted molar refractivity (Wildman–Crippen MR) is 30.1 cm³/mol. The first-order valence-corrected chi connectivity index (χ1v) is 2.44. The van der Waals surface area contributed by atoms with Gasteiger partial charge in [-0.2, -0.15) is 5.26 Å². The zero-order valence-corrected chi connectivity index (χ0v) is 4.72. The Bertz CT molecular complexity index is 158. The SMILES string of the molecule is N#CNC1=NCOCN1. The minimum atomic E-state index is 0.316. The third-order valence-corrected chi connectivity index (χ3v) is 0.830. The van der Waals surface area contributed by atoms with Crippen LogP contribution in [0.4, 0.5) is 0 Å². The van der Waals surface area contributed by atoms with Crippen molar-refractivity contribution < 1.29 is 4.74 Å². The second-order valence-corrected chi connectivity index (χ2v) is 1.40. The van der Waals surface area contributed by atoms with E-state index in [9.17, 15) is 0 Å². The molecule has 2 N–H and O–H groups in total. The first-order valence-electron chi connectivity index (χ1n) is 2.44. The van der Waals surface area contributed by atoms with Gasteiger partial charge in [0.05, 0.1) is 0 Å². The molecule has 1 aliphatic heterocycles. The van der Waals surface area contributed by atoms with E-state index in [0.29, 0.717) is 19.4 Å². The lowest BCUT2D eigenvalue weighted by Gasteiger charge is -2.11. The summed E-state index contributed by atoms with van der Waals surface area (Å²) >= 11 is 0. The van der Waals surface area contributed by atoms with E-state index < -0.39 is 0 Å². The number of hydrogen-bond donors (Lipinski definition) is 2. The molecule has 0 aliphatic carbocycles. The minimum Gasteiger partial charge on any atom is -0.339 e. The second-order valence-electron chi connectivity index (χ2n) is 1.40. The van der Waals surface area contributed by atoms with Gasteiger partial charge in [0.15, 0.2) is 6.19 Å². The lowest BCUT2D eigenvalue weighted by molar-refractivity contribution is 0.124. The van der Waals surface area contributed by atoms with Crippen LogP contribution in [-0.2, 0) is 4.74 Å². The molecule has 0 aromatic rings. The van der Waals surface area contributed by atoms with Crippen LogP contribution in [0.5, 0.6) is 0 Å². The summed E-state index contributed by atoms with van der Waals surface area (Å²) in [6, 6.07) is 0. The number of aliphatic imine (C=N–C) groups is 1. The summed E-state index contributed by atoms with van der Waals surface area (Å²) in [6.07, 6.45) is 1.74. The maximum Gasteiger partial charge on any atom is 0.208 e. The van der Waals surface area contributed by atoms with E-state index >= 15 is 0 Å². The molecule has 9 heavy (non-hydrogen) atoms. The van der Waals surface area contributed by atoms with Crippen molar-refractivity contribution in [1.82, 2.24) is 10.6 Å². The maximum atomic E-state index is 8.10. The Morgan fingerprint density at radius 2 is 2.78 bits per heavy atom. The molecule has 1 rings (SSSR count). The average molecular weight is 126 g/mol. The zero-order valence-electron chi connectivity index (χ0n) is 4.72. The van der Waals surface area contributed by atoms with Gasteiger partial charge < -0.3 is 10.1 Å². The van der Waals surface area contributed by atoms with Gasteiger partial charge in [0.2, 0.25) is 5.96 Å². The molecule has 0 fully saturated rings. The van der Waals surface area contributed by atoms with Crippen LogP contribution in [-0.4, -0.2) is 19.4 Å². The smallest absolute Gasteiger partial charge is 0.208 e. The van der Waals surface area contributed by atoms with Gasteiger partial charge in [0.25, 0.3) is 0 Å². The Morgan fingerprint density at radius 3 is 3.33 bits per heavy atom. The molecule has 0 aromatic heterocycles. The third kappa shape index (κ3) is 1.58. The van der Waals surface area contributed by atoms with Crippen molar-refractivity contribution >= 4 is 5.96 Å². The van der Waals surface area contributed by atoms with Gasteiger partial charge in [-0.15, -0.1) is 0 Å². The molecular weight excluding hydrogens is 120 g/mol. The highest BCUT2D eigenvalue weighted by molar-refractivity contribution is 5.81. The zero-order chi connectivity index (χ0) is 6.53. The summed E-state index contributed by atoms with van der Waals surface area (Å²) in [5, 5.41) is 13.2. The number of rotatable bonds is 0. The van der Waals surface area contributed by atoms with Crippen LogP contribution < -0.4 is 10.6 Å². The van der Waals surface area contributed by atoms with E-state index in [2.05, 4.69) is 15.6 Å². The summed E-state index contributed by atoms with van der Waals surface area (Å²) in [5.74, 6) is 0.476. The average Bonchev–Trinajstić information content (AvgIpc) is 1.91. The lowest BCUT2D eigenvalue weighted by Crippen LogP contribution is -2.39. The molecule has 0 aromatic carbocycles. The Hall–Kier alpha value is -1.28. The maximum absolute atomic E-state index is 8.10. The number of hydrogen-bond acceptors (Lipinski definition) is 5.